The Morgan fingerprint density at radius 2 is 2.13 bits per heavy atom. The Morgan fingerprint density at radius 1 is 1.47 bits per heavy atom. The van der Waals surface area contributed by atoms with Gasteiger partial charge in [0.25, 0.3) is 0 Å². The number of hydrogen-bond acceptors (Lipinski definition) is 3. The van der Waals surface area contributed by atoms with E-state index in [2.05, 4.69) is 10.6 Å². The molecule has 0 aromatic heterocycles. The van der Waals surface area contributed by atoms with Crippen LogP contribution in [0.15, 0.2) is 0 Å². The topological polar surface area (TPSA) is 87.7 Å². The van der Waals surface area contributed by atoms with Gasteiger partial charge in [-0.3, -0.25) is 0 Å². The van der Waals surface area contributed by atoms with E-state index in [-0.39, 0.29) is 0 Å². The van der Waals surface area contributed by atoms with Crippen molar-refractivity contribution in [2.45, 2.75) is 25.8 Å². The van der Waals surface area contributed by atoms with Gasteiger partial charge in [-0.05, 0) is 12.8 Å². The molecule has 1 atom stereocenters. The first kappa shape index (κ1) is 13.7. The number of carbonyl (C=O) groups excluding carboxylic acids is 1. The zero-order valence-electron chi connectivity index (χ0n) is 9.08. The lowest BCUT2D eigenvalue weighted by Crippen LogP contribution is -2.45. The SMILES string of the molecule is CC[C@@H](NC(=O)NCCCOC)C(=O)O. The van der Waals surface area contributed by atoms with Gasteiger partial charge in [-0.1, -0.05) is 6.92 Å². The number of ether oxygens (including phenoxy) is 1. The monoisotopic (exact) mass is 218 g/mol. The van der Waals surface area contributed by atoms with Crippen LogP contribution >= 0.6 is 0 Å². The van der Waals surface area contributed by atoms with Crippen molar-refractivity contribution >= 4 is 12.0 Å². The van der Waals surface area contributed by atoms with E-state index in [1.165, 1.54) is 0 Å². The quantitative estimate of drug-likeness (QED) is 0.532. The Balaban J connectivity index is 3.67. The van der Waals surface area contributed by atoms with Gasteiger partial charge in [0.05, 0.1) is 0 Å². The van der Waals surface area contributed by atoms with E-state index in [1.54, 1.807) is 14.0 Å². The molecular formula is C9H18N2O4. The number of urea groups is 1. The van der Waals surface area contributed by atoms with Gasteiger partial charge >= 0.3 is 12.0 Å². The van der Waals surface area contributed by atoms with E-state index in [0.717, 1.165) is 0 Å². The van der Waals surface area contributed by atoms with Crippen LogP contribution in [0.2, 0.25) is 0 Å². The number of nitrogens with one attached hydrogen (secondary N) is 2. The van der Waals surface area contributed by atoms with E-state index < -0.39 is 18.0 Å². The van der Waals surface area contributed by atoms with Crippen LogP contribution in [0.25, 0.3) is 0 Å². The fourth-order valence-corrected chi connectivity index (χ4v) is 0.966. The maximum Gasteiger partial charge on any atom is 0.326 e. The molecule has 88 valence electrons. The lowest BCUT2D eigenvalue weighted by molar-refractivity contribution is -0.139. The van der Waals surface area contributed by atoms with Crippen molar-refractivity contribution in [2.24, 2.45) is 0 Å². The second-order valence-electron chi connectivity index (χ2n) is 3.05. The summed E-state index contributed by atoms with van der Waals surface area (Å²) in [5.74, 6) is -1.02. The maximum atomic E-state index is 11.2. The molecule has 0 rings (SSSR count). The van der Waals surface area contributed by atoms with E-state index in [1.807, 2.05) is 0 Å². The zero-order chi connectivity index (χ0) is 11.7. The molecule has 0 saturated heterocycles. The second-order valence-corrected chi connectivity index (χ2v) is 3.05. The zero-order valence-corrected chi connectivity index (χ0v) is 9.08. The Bertz CT molecular complexity index is 208. The van der Waals surface area contributed by atoms with Crippen molar-refractivity contribution < 1.29 is 19.4 Å². The molecule has 3 N–H and O–H groups in total. The van der Waals surface area contributed by atoms with Crippen molar-refractivity contribution in [2.75, 3.05) is 20.3 Å². The average molecular weight is 218 g/mol. The summed E-state index contributed by atoms with van der Waals surface area (Å²) in [6, 6.07) is -1.28. The van der Waals surface area contributed by atoms with Gasteiger partial charge in [0, 0.05) is 20.3 Å². The molecule has 0 heterocycles. The first-order chi connectivity index (χ1) is 7.11. The van der Waals surface area contributed by atoms with Gasteiger partial charge in [0.1, 0.15) is 6.04 Å². The summed E-state index contributed by atoms with van der Waals surface area (Å²) < 4.78 is 4.80. The van der Waals surface area contributed by atoms with Gasteiger partial charge in [-0.2, -0.15) is 0 Å². The smallest absolute Gasteiger partial charge is 0.326 e. The van der Waals surface area contributed by atoms with E-state index >= 15 is 0 Å². The molecule has 2 amide bonds. The molecular weight excluding hydrogens is 200 g/mol. The molecule has 6 nitrogen and oxygen atoms in total. The summed E-state index contributed by atoms with van der Waals surface area (Å²) in [5.41, 5.74) is 0. The fourth-order valence-electron chi connectivity index (χ4n) is 0.966. The standard InChI is InChI=1S/C9H18N2O4/c1-3-7(8(12)13)11-9(14)10-5-4-6-15-2/h7H,3-6H2,1-2H3,(H,12,13)(H2,10,11,14)/t7-/m1/s1. The molecule has 0 saturated carbocycles. The fraction of sp³-hybridized carbons (Fsp3) is 0.778. The number of hydrogen-bond donors (Lipinski definition) is 3. The van der Waals surface area contributed by atoms with Crippen LogP contribution < -0.4 is 10.6 Å². The molecule has 0 aromatic carbocycles. The highest BCUT2D eigenvalue weighted by atomic mass is 16.5. The summed E-state index contributed by atoms with van der Waals surface area (Å²) in [6.07, 6.45) is 1.06. The molecule has 0 bridgehead atoms. The number of rotatable bonds is 7. The van der Waals surface area contributed by atoms with Crippen molar-refractivity contribution in [3.8, 4) is 0 Å². The number of aliphatic carboxylic acids is 1. The molecule has 0 fully saturated rings. The summed E-state index contributed by atoms with van der Waals surface area (Å²) in [4.78, 5) is 21.7. The summed E-state index contributed by atoms with van der Waals surface area (Å²) >= 11 is 0. The van der Waals surface area contributed by atoms with Crippen LogP contribution in [-0.4, -0.2) is 43.4 Å². The molecule has 0 spiro atoms. The van der Waals surface area contributed by atoms with Crippen molar-refractivity contribution in [1.82, 2.24) is 10.6 Å². The maximum absolute atomic E-state index is 11.2. The lowest BCUT2D eigenvalue weighted by Gasteiger charge is -2.12. The van der Waals surface area contributed by atoms with Gasteiger partial charge in [0.15, 0.2) is 0 Å². The summed E-state index contributed by atoms with van der Waals surface area (Å²) in [5, 5.41) is 13.6. The highest BCUT2D eigenvalue weighted by Gasteiger charge is 2.16. The summed E-state index contributed by atoms with van der Waals surface area (Å²) in [7, 11) is 1.58. The minimum absolute atomic E-state index is 0.362. The molecule has 0 unspecified atom stereocenters. The number of carboxylic acids is 1. The largest absolute Gasteiger partial charge is 0.480 e. The third kappa shape index (κ3) is 6.73. The Hall–Kier alpha value is -1.30. The first-order valence-corrected chi connectivity index (χ1v) is 4.88. The molecule has 6 heteroatoms. The number of methoxy groups -OCH3 is 1. The average Bonchev–Trinajstić information content (AvgIpc) is 2.20. The van der Waals surface area contributed by atoms with Gasteiger partial charge < -0.3 is 20.5 Å². The lowest BCUT2D eigenvalue weighted by atomic mass is 10.2. The van der Waals surface area contributed by atoms with Crippen molar-refractivity contribution in [1.29, 1.82) is 0 Å². The number of carboxylic acid groups (broad SMARTS) is 1. The molecule has 0 aliphatic rings. The van der Waals surface area contributed by atoms with E-state index in [9.17, 15) is 9.59 Å². The van der Waals surface area contributed by atoms with Crippen LogP contribution in [0.3, 0.4) is 0 Å². The Kier molecular flexibility index (Phi) is 7.35. The van der Waals surface area contributed by atoms with Crippen molar-refractivity contribution in [3.63, 3.8) is 0 Å². The van der Waals surface area contributed by atoms with E-state index in [0.29, 0.717) is 26.0 Å². The van der Waals surface area contributed by atoms with Crippen LogP contribution in [0.4, 0.5) is 4.79 Å². The number of carbonyl (C=O) groups is 2. The Labute approximate surface area is 89.0 Å². The highest BCUT2D eigenvalue weighted by molar-refractivity contribution is 5.82. The number of amides is 2. The van der Waals surface area contributed by atoms with E-state index in [4.69, 9.17) is 9.84 Å². The summed E-state index contributed by atoms with van der Waals surface area (Å²) in [6.45, 7) is 2.73. The molecule has 0 aliphatic carbocycles. The second kappa shape index (κ2) is 8.05. The molecule has 0 radical (unpaired) electrons. The van der Waals surface area contributed by atoms with Crippen LogP contribution in [0.1, 0.15) is 19.8 Å². The van der Waals surface area contributed by atoms with Crippen molar-refractivity contribution in [3.05, 3.63) is 0 Å². The predicted molar refractivity (Wildman–Crippen MR) is 54.7 cm³/mol. The molecule has 0 aliphatic heterocycles. The normalized spacial score (nSPS) is 11.9. The third-order valence-corrected chi connectivity index (χ3v) is 1.82. The minimum atomic E-state index is -1.02. The predicted octanol–water partition coefficient (Wildman–Crippen LogP) is 0.185. The Morgan fingerprint density at radius 3 is 2.60 bits per heavy atom. The molecule has 15 heavy (non-hydrogen) atoms. The molecule has 0 aromatic rings. The van der Waals surface area contributed by atoms with Crippen LogP contribution in [0.5, 0.6) is 0 Å². The highest BCUT2D eigenvalue weighted by Crippen LogP contribution is 1.90. The third-order valence-electron chi connectivity index (χ3n) is 1.82. The van der Waals surface area contributed by atoms with Gasteiger partial charge in [0.2, 0.25) is 0 Å². The van der Waals surface area contributed by atoms with Crippen LogP contribution in [-0.2, 0) is 9.53 Å². The van der Waals surface area contributed by atoms with Gasteiger partial charge in [-0.25, -0.2) is 9.59 Å². The van der Waals surface area contributed by atoms with Crippen LogP contribution in [0, 0.1) is 0 Å². The first-order valence-electron chi connectivity index (χ1n) is 4.88. The van der Waals surface area contributed by atoms with Gasteiger partial charge in [-0.15, -0.1) is 0 Å². The minimum Gasteiger partial charge on any atom is -0.480 e.